The number of aromatic nitrogens is 1. The molecule has 2 aromatic carbocycles. The normalized spacial score (nSPS) is 11.3. The van der Waals surface area contributed by atoms with Crippen LogP contribution < -0.4 is 4.31 Å². The van der Waals surface area contributed by atoms with Crippen molar-refractivity contribution < 1.29 is 22.5 Å². The van der Waals surface area contributed by atoms with Gasteiger partial charge in [0.25, 0.3) is 10.0 Å². The Hall–Kier alpha value is -3.43. The van der Waals surface area contributed by atoms with Gasteiger partial charge in [0.05, 0.1) is 21.0 Å². The summed E-state index contributed by atoms with van der Waals surface area (Å²) in [6.07, 6.45) is 0. The molecule has 0 aliphatic heterocycles. The van der Waals surface area contributed by atoms with Crippen molar-refractivity contribution >= 4 is 33.0 Å². The predicted molar refractivity (Wildman–Crippen MR) is 117 cm³/mol. The third kappa shape index (κ3) is 4.52. The van der Waals surface area contributed by atoms with Crippen LogP contribution in [0.2, 0.25) is 0 Å². The van der Waals surface area contributed by atoms with E-state index >= 15 is 0 Å². The zero-order valence-corrected chi connectivity index (χ0v) is 18.1. The highest BCUT2D eigenvalue weighted by Gasteiger charge is 2.21. The molecule has 7 nitrogen and oxygen atoms in total. The number of esters is 1. The highest BCUT2D eigenvalue weighted by Crippen LogP contribution is 2.25. The fraction of sp³-hybridized carbons (Fsp3) is 0.0909. The molecule has 2 heterocycles. The van der Waals surface area contributed by atoms with Crippen molar-refractivity contribution in [3.63, 3.8) is 0 Å². The number of sulfonamides is 1. The Morgan fingerprint density at radius 3 is 2.48 bits per heavy atom. The molecule has 0 amide bonds. The fourth-order valence-electron chi connectivity index (χ4n) is 2.84. The summed E-state index contributed by atoms with van der Waals surface area (Å²) in [5, 5.41) is 5.83. The summed E-state index contributed by atoms with van der Waals surface area (Å²) in [7, 11) is -2.27. The van der Waals surface area contributed by atoms with Crippen LogP contribution in [0.5, 0.6) is 0 Å². The first-order valence-corrected chi connectivity index (χ1v) is 11.6. The molecule has 0 fully saturated rings. The summed E-state index contributed by atoms with van der Waals surface area (Å²) >= 11 is 1.52. The maximum atomic E-state index is 12.8. The number of rotatable bonds is 7. The lowest BCUT2D eigenvalue weighted by Crippen LogP contribution is -2.26. The molecule has 0 aliphatic carbocycles. The first kappa shape index (κ1) is 20.8. The third-order valence-electron chi connectivity index (χ3n) is 4.54. The zero-order valence-electron chi connectivity index (χ0n) is 16.5. The molecule has 0 spiro atoms. The van der Waals surface area contributed by atoms with Crippen molar-refractivity contribution in [1.82, 2.24) is 5.16 Å². The molecule has 9 heteroatoms. The molecule has 31 heavy (non-hydrogen) atoms. The Kier molecular flexibility index (Phi) is 5.88. The number of ether oxygens (including phenoxy) is 1. The second-order valence-electron chi connectivity index (χ2n) is 6.57. The molecular weight excluding hydrogens is 436 g/mol. The van der Waals surface area contributed by atoms with E-state index in [1.54, 1.807) is 30.3 Å². The quantitative estimate of drug-likeness (QED) is 0.380. The Morgan fingerprint density at radius 2 is 1.81 bits per heavy atom. The van der Waals surface area contributed by atoms with Gasteiger partial charge in [0.15, 0.2) is 5.76 Å². The smallest absolute Gasteiger partial charge is 0.338 e. The molecule has 4 aromatic rings. The Balaban J connectivity index is 1.41. The second-order valence-corrected chi connectivity index (χ2v) is 9.49. The van der Waals surface area contributed by atoms with Crippen LogP contribution in [0.4, 0.5) is 5.69 Å². The summed E-state index contributed by atoms with van der Waals surface area (Å²) < 4.78 is 37.3. The molecule has 0 saturated heterocycles. The van der Waals surface area contributed by atoms with Gasteiger partial charge in [-0.2, -0.15) is 0 Å². The van der Waals surface area contributed by atoms with Gasteiger partial charge in [0.2, 0.25) is 0 Å². The monoisotopic (exact) mass is 454 g/mol. The Bertz CT molecular complexity index is 1270. The maximum Gasteiger partial charge on any atom is 0.338 e. The maximum absolute atomic E-state index is 12.8. The van der Waals surface area contributed by atoms with Crippen LogP contribution >= 0.6 is 11.3 Å². The van der Waals surface area contributed by atoms with Crippen molar-refractivity contribution in [2.24, 2.45) is 0 Å². The minimum Gasteiger partial charge on any atom is -0.455 e. The van der Waals surface area contributed by atoms with E-state index < -0.39 is 16.0 Å². The lowest BCUT2D eigenvalue weighted by molar-refractivity contribution is 0.0464. The van der Waals surface area contributed by atoms with Crippen molar-refractivity contribution in [2.75, 3.05) is 11.4 Å². The van der Waals surface area contributed by atoms with E-state index in [2.05, 4.69) is 5.16 Å². The molecule has 2 aromatic heterocycles. The number of nitrogens with zero attached hydrogens (tertiary/aromatic N) is 2. The molecule has 158 valence electrons. The van der Waals surface area contributed by atoms with Gasteiger partial charge in [-0.05, 0) is 47.8 Å². The second kappa shape index (κ2) is 8.75. The van der Waals surface area contributed by atoms with Gasteiger partial charge in [-0.25, -0.2) is 13.2 Å². The summed E-state index contributed by atoms with van der Waals surface area (Å²) in [6.45, 7) is -0.0511. The van der Waals surface area contributed by atoms with E-state index in [-0.39, 0.29) is 17.1 Å². The SMILES string of the molecule is CN(c1ccccc1)S(=O)(=O)c1ccc(C(=O)OCc2cc(-c3cccs3)on2)cc1. The van der Waals surface area contributed by atoms with Gasteiger partial charge in [0, 0.05) is 13.1 Å². The van der Waals surface area contributed by atoms with E-state index in [4.69, 9.17) is 9.26 Å². The summed E-state index contributed by atoms with van der Waals surface area (Å²) in [5.41, 5.74) is 1.27. The van der Waals surface area contributed by atoms with Crippen LogP contribution in [0, 0.1) is 0 Å². The number of thiophene rings is 1. The van der Waals surface area contributed by atoms with Crippen molar-refractivity contribution in [1.29, 1.82) is 0 Å². The van der Waals surface area contributed by atoms with Crippen molar-refractivity contribution in [3.8, 4) is 10.6 Å². The van der Waals surface area contributed by atoms with E-state index in [1.807, 2.05) is 23.6 Å². The largest absolute Gasteiger partial charge is 0.455 e. The molecule has 0 atom stereocenters. The third-order valence-corrected chi connectivity index (χ3v) is 7.23. The minimum absolute atomic E-state index is 0.0511. The lowest BCUT2D eigenvalue weighted by atomic mass is 10.2. The highest BCUT2D eigenvalue weighted by atomic mass is 32.2. The number of benzene rings is 2. The topological polar surface area (TPSA) is 89.7 Å². The average Bonchev–Trinajstić information content (AvgIpc) is 3.49. The number of carbonyl (C=O) groups excluding carboxylic acids is 1. The standard InChI is InChI=1S/C22H18N2O5S2/c1-24(18-6-3-2-4-7-18)31(26,27)19-11-9-16(10-12-19)22(25)28-15-17-14-20(29-23-17)21-8-5-13-30-21/h2-14H,15H2,1H3. The van der Waals surface area contributed by atoms with Gasteiger partial charge < -0.3 is 9.26 Å². The molecule has 0 unspecified atom stereocenters. The molecule has 0 saturated carbocycles. The molecule has 0 aliphatic rings. The van der Waals surface area contributed by atoms with Gasteiger partial charge >= 0.3 is 5.97 Å². The van der Waals surface area contributed by atoms with Gasteiger partial charge in [-0.15, -0.1) is 11.3 Å². The summed E-state index contributed by atoms with van der Waals surface area (Å²) in [4.78, 5) is 13.3. The number of carbonyl (C=O) groups is 1. The van der Waals surface area contributed by atoms with Crippen LogP contribution in [-0.2, 0) is 21.4 Å². The molecule has 0 bridgehead atoms. The van der Waals surface area contributed by atoms with Gasteiger partial charge in [-0.3, -0.25) is 4.31 Å². The number of anilines is 1. The minimum atomic E-state index is -3.75. The average molecular weight is 455 g/mol. The first-order chi connectivity index (χ1) is 14.9. The van der Waals surface area contributed by atoms with Gasteiger partial charge in [-0.1, -0.05) is 29.4 Å². The van der Waals surface area contributed by atoms with Crippen LogP contribution in [0.15, 0.2) is 87.6 Å². The Morgan fingerprint density at radius 1 is 1.06 bits per heavy atom. The Labute approximate surface area is 183 Å². The van der Waals surface area contributed by atoms with Gasteiger partial charge in [0.1, 0.15) is 12.3 Å². The molecule has 4 rings (SSSR count). The first-order valence-electron chi connectivity index (χ1n) is 9.26. The highest BCUT2D eigenvalue weighted by molar-refractivity contribution is 7.92. The van der Waals surface area contributed by atoms with Crippen molar-refractivity contribution in [2.45, 2.75) is 11.5 Å². The van der Waals surface area contributed by atoms with E-state index in [9.17, 15) is 13.2 Å². The van der Waals surface area contributed by atoms with Crippen LogP contribution in [-0.4, -0.2) is 26.6 Å². The fourth-order valence-corrected chi connectivity index (χ4v) is 4.70. The zero-order chi connectivity index (χ0) is 21.8. The predicted octanol–water partition coefficient (Wildman–Crippen LogP) is 4.59. The van der Waals surface area contributed by atoms with Crippen LogP contribution in [0.3, 0.4) is 0 Å². The van der Waals surface area contributed by atoms with Crippen molar-refractivity contribution in [3.05, 3.63) is 89.4 Å². The van der Waals surface area contributed by atoms with E-state index in [0.29, 0.717) is 17.1 Å². The number of para-hydroxylation sites is 1. The van der Waals surface area contributed by atoms with E-state index in [1.165, 1.54) is 47.0 Å². The van der Waals surface area contributed by atoms with Crippen LogP contribution in [0.1, 0.15) is 16.1 Å². The van der Waals surface area contributed by atoms with Crippen LogP contribution in [0.25, 0.3) is 10.6 Å². The molecule has 0 N–H and O–H groups in total. The lowest BCUT2D eigenvalue weighted by Gasteiger charge is -2.19. The summed E-state index contributed by atoms with van der Waals surface area (Å²) in [6, 6.07) is 19.9. The number of hydrogen-bond donors (Lipinski definition) is 0. The molecular formula is C22H18N2O5S2. The molecule has 0 radical (unpaired) electrons. The summed E-state index contributed by atoms with van der Waals surface area (Å²) in [5.74, 6) is 0.0270. The van der Waals surface area contributed by atoms with E-state index in [0.717, 1.165) is 4.88 Å². The number of hydrogen-bond acceptors (Lipinski definition) is 7.